The van der Waals surface area contributed by atoms with Crippen molar-refractivity contribution < 1.29 is 22.8 Å². The molecule has 0 radical (unpaired) electrons. The van der Waals surface area contributed by atoms with Gasteiger partial charge in [0.2, 0.25) is 0 Å². The highest BCUT2D eigenvalue weighted by molar-refractivity contribution is 8.16. The number of hydrogen-bond acceptors (Lipinski definition) is 4. The highest BCUT2D eigenvalue weighted by Gasteiger charge is 2.57. The van der Waals surface area contributed by atoms with Crippen molar-refractivity contribution in [3.8, 4) is 0 Å². The zero-order valence-corrected chi connectivity index (χ0v) is 18.5. The van der Waals surface area contributed by atoms with Crippen LogP contribution in [0, 0.1) is 23.7 Å². The fourth-order valence-electron chi connectivity index (χ4n) is 6.03. The first-order chi connectivity index (χ1) is 14.7. The van der Waals surface area contributed by atoms with Crippen molar-refractivity contribution in [2.45, 2.75) is 62.5 Å². The van der Waals surface area contributed by atoms with E-state index in [2.05, 4.69) is 4.99 Å². The molecule has 4 aliphatic rings. The Labute approximate surface area is 185 Å². The Balaban J connectivity index is 1.13. The number of furan rings is 1. The standard InChI is InChI=1S/C23H28F2N2O3S/c1-22(11-14-2-5-27(6-3-14)20(28)15-4-7-30-13-15)21(29)26-19(31-22)10-16-8-18-9-17(16)12-23(18,24)25/h4,7,13-14,16-18H,2-3,5-6,8-12H2,1H3/t16-,17-,18+,22?/m1/s1. The molecule has 31 heavy (non-hydrogen) atoms. The number of piperidine rings is 1. The maximum absolute atomic E-state index is 13.8. The van der Waals surface area contributed by atoms with Gasteiger partial charge in [0.1, 0.15) is 11.0 Å². The summed E-state index contributed by atoms with van der Waals surface area (Å²) in [6.45, 7) is 3.32. The van der Waals surface area contributed by atoms with Crippen LogP contribution in [0.2, 0.25) is 0 Å². The summed E-state index contributed by atoms with van der Waals surface area (Å²) >= 11 is 1.55. The van der Waals surface area contributed by atoms with Crippen LogP contribution in [0.5, 0.6) is 0 Å². The lowest BCUT2D eigenvalue weighted by Crippen LogP contribution is -2.40. The lowest BCUT2D eigenvalue weighted by molar-refractivity contribution is -0.119. The van der Waals surface area contributed by atoms with Gasteiger partial charge in [-0.05, 0) is 69.3 Å². The molecule has 168 valence electrons. The lowest BCUT2D eigenvalue weighted by Gasteiger charge is -2.35. The fraction of sp³-hybridized carbons (Fsp3) is 0.696. The summed E-state index contributed by atoms with van der Waals surface area (Å²) in [5.41, 5.74) is 0.573. The summed E-state index contributed by atoms with van der Waals surface area (Å²) in [7, 11) is 0. The van der Waals surface area contributed by atoms with Gasteiger partial charge in [-0.1, -0.05) is 11.8 Å². The van der Waals surface area contributed by atoms with Gasteiger partial charge in [0, 0.05) is 25.4 Å². The van der Waals surface area contributed by atoms with Crippen LogP contribution in [0.25, 0.3) is 0 Å². The average molecular weight is 451 g/mol. The summed E-state index contributed by atoms with van der Waals surface area (Å²) in [5.74, 6) is -2.39. The second-order valence-electron chi connectivity index (χ2n) is 9.95. The average Bonchev–Trinajstić information content (AvgIpc) is 3.47. The normalized spacial score (nSPS) is 35.1. The Hall–Kier alpha value is -1.70. The molecule has 1 unspecified atom stereocenters. The first-order valence-corrected chi connectivity index (χ1v) is 12.1. The van der Waals surface area contributed by atoms with Gasteiger partial charge < -0.3 is 9.32 Å². The molecule has 2 saturated carbocycles. The lowest BCUT2D eigenvalue weighted by atomic mass is 9.85. The number of likely N-dealkylation sites (tertiary alicyclic amines) is 1. The number of rotatable bonds is 5. The third-order valence-electron chi connectivity index (χ3n) is 7.78. The zero-order valence-electron chi connectivity index (χ0n) is 17.7. The van der Waals surface area contributed by atoms with Crippen molar-refractivity contribution in [3.05, 3.63) is 24.2 Å². The molecule has 1 aromatic rings. The predicted molar refractivity (Wildman–Crippen MR) is 114 cm³/mol. The van der Waals surface area contributed by atoms with Crippen molar-refractivity contribution in [2.24, 2.45) is 28.7 Å². The van der Waals surface area contributed by atoms with E-state index in [-0.39, 0.29) is 30.1 Å². The number of fused-ring (bicyclic) bond motifs is 2. The van der Waals surface area contributed by atoms with E-state index in [1.54, 1.807) is 17.8 Å². The Morgan fingerprint density at radius 3 is 2.71 bits per heavy atom. The number of amides is 2. The molecule has 3 fully saturated rings. The summed E-state index contributed by atoms with van der Waals surface area (Å²) in [6.07, 6.45) is 7.30. The van der Waals surface area contributed by atoms with E-state index in [0.29, 0.717) is 43.8 Å². The first kappa shape index (κ1) is 21.2. The minimum absolute atomic E-state index is 0.00159. The molecule has 1 saturated heterocycles. The van der Waals surface area contributed by atoms with Crippen molar-refractivity contribution >= 4 is 28.6 Å². The van der Waals surface area contributed by atoms with Gasteiger partial charge in [-0.15, -0.1) is 0 Å². The molecule has 0 aromatic carbocycles. The van der Waals surface area contributed by atoms with Gasteiger partial charge in [-0.2, -0.15) is 0 Å². The van der Waals surface area contributed by atoms with E-state index in [1.165, 1.54) is 12.5 Å². The molecule has 1 aromatic heterocycles. The Kier molecular flexibility index (Phi) is 5.26. The van der Waals surface area contributed by atoms with Crippen molar-refractivity contribution in [1.29, 1.82) is 0 Å². The highest BCUT2D eigenvalue weighted by atomic mass is 32.2. The maximum atomic E-state index is 13.8. The van der Waals surface area contributed by atoms with Crippen molar-refractivity contribution in [3.63, 3.8) is 0 Å². The molecule has 0 spiro atoms. The number of aliphatic imine (C=N–C) groups is 1. The third-order valence-corrected chi connectivity index (χ3v) is 9.06. The van der Waals surface area contributed by atoms with Gasteiger partial charge in [0.05, 0.1) is 16.9 Å². The maximum Gasteiger partial charge on any atom is 0.262 e. The quantitative estimate of drug-likeness (QED) is 0.632. The molecule has 2 amide bonds. The van der Waals surface area contributed by atoms with Crippen LogP contribution in [0.4, 0.5) is 8.78 Å². The first-order valence-electron chi connectivity index (χ1n) is 11.2. The van der Waals surface area contributed by atoms with E-state index >= 15 is 0 Å². The molecule has 2 bridgehead atoms. The molecule has 3 heterocycles. The molecule has 4 atom stereocenters. The monoisotopic (exact) mass is 450 g/mol. The Morgan fingerprint density at radius 1 is 1.32 bits per heavy atom. The van der Waals surface area contributed by atoms with Gasteiger partial charge in [0.15, 0.2) is 0 Å². The number of carbonyl (C=O) groups excluding carboxylic acids is 2. The summed E-state index contributed by atoms with van der Waals surface area (Å²) in [4.78, 5) is 31.4. The summed E-state index contributed by atoms with van der Waals surface area (Å²) < 4.78 is 32.1. The van der Waals surface area contributed by atoms with Gasteiger partial charge in [-0.25, -0.2) is 13.8 Å². The predicted octanol–water partition coefficient (Wildman–Crippen LogP) is 5.02. The fourth-order valence-corrected chi connectivity index (χ4v) is 7.43. The smallest absolute Gasteiger partial charge is 0.262 e. The number of carbonyl (C=O) groups is 2. The molecule has 8 heteroatoms. The van der Waals surface area contributed by atoms with Crippen LogP contribution in [-0.4, -0.2) is 45.5 Å². The minimum atomic E-state index is -2.50. The largest absolute Gasteiger partial charge is 0.472 e. The van der Waals surface area contributed by atoms with Crippen LogP contribution >= 0.6 is 11.8 Å². The number of alkyl halides is 2. The second-order valence-corrected chi connectivity index (χ2v) is 11.5. The molecule has 2 aliphatic carbocycles. The van der Waals surface area contributed by atoms with E-state index in [1.807, 2.05) is 11.8 Å². The molecular weight excluding hydrogens is 422 g/mol. The highest BCUT2D eigenvalue weighted by Crippen LogP contribution is 2.58. The van der Waals surface area contributed by atoms with Crippen molar-refractivity contribution in [2.75, 3.05) is 13.1 Å². The molecule has 5 nitrogen and oxygen atoms in total. The number of hydrogen-bond donors (Lipinski definition) is 0. The summed E-state index contributed by atoms with van der Waals surface area (Å²) in [6, 6.07) is 1.68. The second kappa shape index (κ2) is 7.71. The minimum Gasteiger partial charge on any atom is -0.472 e. The number of thioether (sulfide) groups is 1. The summed E-state index contributed by atoms with van der Waals surface area (Å²) in [5, 5.41) is 0.834. The van der Waals surface area contributed by atoms with E-state index in [0.717, 1.165) is 24.3 Å². The number of halogens is 2. The van der Waals surface area contributed by atoms with Crippen LogP contribution in [-0.2, 0) is 4.79 Å². The van der Waals surface area contributed by atoms with Crippen LogP contribution in [0.1, 0.15) is 62.2 Å². The zero-order chi connectivity index (χ0) is 21.8. The van der Waals surface area contributed by atoms with Crippen LogP contribution < -0.4 is 0 Å². The number of nitrogens with zero attached hydrogens (tertiary/aromatic N) is 2. The SMILES string of the molecule is CC1(CC2CCN(C(=O)c3ccoc3)CC2)SC(C[C@H]2C[C@H]3C[C@@H]2CC3(F)F)=NC1=O. The van der Waals surface area contributed by atoms with E-state index in [9.17, 15) is 18.4 Å². The Bertz CT molecular complexity index is 895. The third kappa shape index (κ3) is 3.96. The van der Waals surface area contributed by atoms with Gasteiger partial charge in [0.25, 0.3) is 17.7 Å². The Morgan fingerprint density at radius 2 is 2.10 bits per heavy atom. The molecular formula is C23H28F2N2O3S. The topological polar surface area (TPSA) is 62.9 Å². The van der Waals surface area contributed by atoms with Gasteiger partial charge in [-0.3, -0.25) is 9.59 Å². The van der Waals surface area contributed by atoms with Gasteiger partial charge >= 0.3 is 0 Å². The van der Waals surface area contributed by atoms with E-state index < -0.39 is 16.6 Å². The molecule has 2 aliphatic heterocycles. The molecule has 5 rings (SSSR count). The van der Waals surface area contributed by atoms with Crippen LogP contribution in [0.3, 0.4) is 0 Å². The van der Waals surface area contributed by atoms with Crippen LogP contribution in [0.15, 0.2) is 28.0 Å². The molecule has 0 N–H and O–H groups in total. The van der Waals surface area contributed by atoms with Crippen molar-refractivity contribution in [1.82, 2.24) is 4.90 Å². The van der Waals surface area contributed by atoms with E-state index in [4.69, 9.17) is 4.42 Å².